The van der Waals surface area contributed by atoms with Gasteiger partial charge in [0.05, 0.1) is 13.2 Å². The molecule has 0 saturated heterocycles. The molecule has 0 amide bonds. The molecule has 0 spiro atoms. The Bertz CT molecular complexity index is 1270. The van der Waals surface area contributed by atoms with Crippen LogP contribution < -0.4 is 35.0 Å². The second-order valence-corrected chi connectivity index (χ2v) is 6.76. The predicted octanol–water partition coefficient (Wildman–Crippen LogP) is 0.379. The van der Waals surface area contributed by atoms with Crippen molar-refractivity contribution in [1.82, 2.24) is 4.57 Å². The molecule has 33 heavy (non-hydrogen) atoms. The molecule has 0 aliphatic carbocycles. The molecule has 0 atom stereocenters. The molecule has 9 heteroatoms. The predicted molar refractivity (Wildman–Crippen MR) is 114 cm³/mol. The quantitative estimate of drug-likeness (QED) is 0.289. The van der Waals surface area contributed by atoms with Gasteiger partial charge in [0, 0.05) is 35.9 Å². The summed E-state index contributed by atoms with van der Waals surface area (Å²) in [6.07, 6.45) is 1.34. The number of fused-ring (bicyclic) bond motifs is 1. The number of halogens is 1. The Morgan fingerprint density at radius 2 is 1.79 bits per heavy atom. The second-order valence-electron chi connectivity index (χ2n) is 6.76. The number of rotatable bonds is 7. The molecule has 0 N–H and O–H groups in total. The molecule has 2 aromatic carbocycles. The van der Waals surface area contributed by atoms with Gasteiger partial charge in [-0.25, -0.2) is 10.1 Å². The summed E-state index contributed by atoms with van der Waals surface area (Å²) in [4.78, 5) is 37.4. The Morgan fingerprint density at radius 3 is 2.39 bits per heavy atom. The van der Waals surface area contributed by atoms with E-state index in [0.29, 0.717) is 0 Å². The van der Waals surface area contributed by atoms with Crippen LogP contribution in [0.2, 0.25) is 0 Å². The minimum absolute atomic E-state index is 0. The van der Waals surface area contributed by atoms with Crippen LogP contribution in [-0.4, -0.2) is 29.7 Å². The van der Waals surface area contributed by atoms with Gasteiger partial charge >= 0.3 is 35.5 Å². The third-order valence-corrected chi connectivity index (χ3v) is 4.72. The van der Waals surface area contributed by atoms with E-state index < -0.39 is 29.1 Å². The van der Waals surface area contributed by atoms with E-state index in [2.05, 4.69) is 0 Å². The Morgan fingerprint density at radius 1 is 1.12 bits per heavy atom. The third-order valence-electron chi connectivity index (χ3n) is 4.72. The van der Waals surface area contributed by atoms with E-state index in [1.54, 1.807) is 24.5 Å². The number of nitrogens with zero attached hydrogens (tertiary/aromatic N) is 2. The Balaban J connectivity index is 0.00000385. The summed E-state index contributed by atoms with van der Waals surface area (Å²) in [5, 5.41) is 9.35. The van der Waals surface area contributed by atoms with Gasteiger partial charge in [-0.1, -0.05) is 36.4 Å². The van der Waals surface area contributed by atoms with E-state index >= 15 is 0 Å². The minimum atomic E-state index is -0.964. The topological polar surface area (TPSA) is 98.4 Å². The number of aromatic nitrogens is 1. The van der Waals surface area contributed by atoms with Crippen molar-refractivity contribution in [2.45, 2.75) is 20.4 Å². The molecule has 0 saturated carbocycles. The molecule has 0 radical (unpaired) electrons. The van der Waals surface area contributed by atoms with Gasteiger partial charge in [0.15, 0.2) is 0 Å². The van der Waals surface area contributed by atoms with Crippen molar-refractivity contribution in [3.05, 3.63) is 87.3 Å². The molecule has 7 nitrogen and oxygen atoms in total. The van der Waals surface area contributed by atoms with E-state index in [4.69, 9.17) is 9.47 Å². The molecule has 1 aromatic heterocycles. The van der Waals surface area contributed by atoms with Crippen molar-refractivity contribution < 1.29 is 53.0 Å². The van der Waals surface area contributed by atoms with Crippen LogP contribution in [0.5, 0.6) is 0 Å². The number of hydrogen-bond acceptors (Lipinski definition) is 6. The maximum atomic E-state index is 14.9. The fourth-order valence-corrected chi connectivity index (χ4v) is 3.29. The molecular formula is C24H20FN2NaO5. The number of benzene rings is 2. The first kappa shape index (κ1) is 26.1. The first-order chi connectivity index (χ1) is 15.4. The van der Waals surface area contributed by atoms with E-state index in [1.165, 1.54) is 12.3 Å². The standard InChI is InChI=1S/C24H20FN2O5.Na/c1-3-31-23(29)18(12-26)16-11-21-17(10-20(16)25)22(28)19(24(30)32-4-2)14-27(21)13-15-8-6-5-7-9-15;/h5-11,14H,3-4,13H2,1-2H3;/q-1;+1. The van der Waals surface area contributed by atoms with Crippen LogP contribution in [0.3, 0.4) is 0 Å². The maximum absolute atomic E-state index is 14.9. The van der Waals surface area contributed by atoms with Crippen molar-refractivity contribution in [2.24, 2.45) is 0 Å². The molecule has 0 aliphatic heterocycles. The van der Waals surface area contributed by atoms with E-state index in [1.807, 2.05) is 30.3 Å². The maximum Gasteiger partial charge on any atom is 1.00 e. The Labute approximate surface area is 212 Å². The van der Waals surface area contributed by atoms with Crippen molar-refractivity contribution >= 4 is 22.8 Å². The number of esters is 2. The average molecular weight is 458 g/mol. The van der Waals surface area contributed by atoms with Crippen molar-refractivity contribution in [3.63, 3.8) is 0 Å². The van der Waals surface area contributed by atoms with Gasteiger partial charge in [0.2, 0.25) is 5.43 Å². The van der Waals surface area contributed by atoms with Gasteiger partial charge in [-0.15, -0.1) is 11.6 Å². The molecule has 0 fully saturated rings. The molecular weight excluding hydrogens is 438 g/mol. The van der Waals surface area contributed by atoms with Crippen LogP contribution in [-0.2, 0) is 20.8 Å². The summed E-state index contributed by atoms with van der Waals surface area (Å²) in [6.45, 7) is 3.51. The summed E-state index contributed by atoms with van der Waals surface area (Å²) >= 11 is 0. The molecule has 0 bridgehead atoms. The van der Waals surface area contributed by atoms with Crippen LogP contribution in [0.1, 0.15) is 35.3 Å². The van der Waals surface area contributed by atoms with Crippen LogP contribution in [0.25, 0.3) is 10.9 Å². The largest absolute Gasteiger partial charge is 1.00 e. The number of nitriles is 1. The third kappa shape index (κ3) is 5.63. The normalized spacial score (nSPS) is 10.1. The number of carbonyl (C=O) groups is 2. The zero-order valence-electron chi connectivity index (χ0n) is 18.6. The summed E-state index contributed by atoms with van der Waals surface area (Å²) in [6, 6.07) is 13.1. The zero-order valence-corrected chi connectivity index (χ0v) is 20.6. The summed E-state index contributed by atoms with van der Waals surface area (Å²) in [5.74, 6) is -3.25. The average Bonchev–Trinajstić information content (AvgIpc) is 2.78. The van der Waals surface area contributed by atoms with E-state index in [9.17, 15) is 24.0 Å². The monoisotopic (exact) mass is 458 g/mol. The Kier molecular flexibility index (Phi) is 9.23. The van der Waals surface area contributed by atoms with Gasteiger partial charge in [0.25, 0.3) is 5.97 Å². The van der Waals surface area contributed by atoms with Crippen LogP contribution in [0, 0.1) is 23.1 Å². The van der Waals surface area contributed by atoms with E-state index in [-0.39, 0.29) is 71.3 Å². The van der Waals surface area contributed by atoms with E-state index in [0.717, 1.165) is 11.6 Å². The second kappa shape index (κ2) is 11.7. The molecule has 0 aliphatic rings. The van der Waals surface area contributed by atoms with Crippen molar-refractivity contribution in [1.29, 1.82) is 5.26 Å². The summed E-state index contributed by atoms with van der Waals surface area (Å²) in [7, 11) is 0. The van der Waals surface area contributed by atoms with Crippen LogP contribution >= 0.6 is 0 Å². The van der Waals surface area contributed by atoms with Gasteiger partial charge in [-0.05, 0) is 24.9 Å². The smallest absolute Gasteiger partial charge is 0.471 e. The van der Waals surface area contributed by atoms with Crippen LogP contribution in [0.15, 0.2) is 53.5 Å². The molecule has 3 aromatic rings. The number of carbonyl (C=O) groups excluding carboxylic acids is 2. The number of pyridine rings is 1. The minimum Gasteiger partial charge on any atom is -0.471 e. The molecule has 1 heterocycles. The van der Waals surface area contributed by atoms with Crippen molar-refractivity contribution in [3.8, 4) is 6.07 Å². The van der Waals surface area contributed by atoms with Gasteiger partial charge in [0.1, 0.15) is 5.56 Å². The van der Waals surface area contributed by atoms with Gasteiger partial charge < -0.3 is 14.0 Å². The van der Waals surface area contributed by atoms with Crippen molar-refractivity contribution in [2.75, 3.05) is 13.2 Å². The van der Waals surface area contributed by atoms with Gasteiger partial charge in [-0.3, -0.25) is 14.0 Å². The number of ether oxygens (including phenoxy) is 2. The first-order valence-corrected chi connectivity index (χ1v) is 9.93. The first-order valence-electron chi connectivity index (χ1n) is 9.93. The van der Waals surface area contributed by atoms with Crippen LogP contribution in [0.4, 0.5) is 4.39 Å². The molecule has 3 rings (SSSR count). The fraction of sp³-hybridized carbons (Fsp3) is 0.208. The molecule has 164 valence electrons. The molecule has 0 unspecified atom stereocenters. The zero-order chi connectivity index (χ0) is 23.3. The van der Waals surface area contributed by atoms with Gasteiger partial charge in [-0.2, -0.15) is 0 Å². The number of hydrogen-bond donors (Lipinski definition) is 0. The SMILES string of the molecule is CCOC(=O)c1cn(Cc2ccccc2)c2cc([C-](C#N)C(=O)OCC)c(F)cc2c1=O.[Na+]. The fourth-order valence-electron chi connectivity index (χ4n) is 3.29. The summed E-state index contributed by atoms with van der Waals surface area (Å²) in [5.41, 5.74) is -0.128. The summed E-state index contributed by atoms with van der Waals surface area (Å²) < 4.78 is 26.3. The Hall–Kier alpha value is -3.12.